The molecular formula is C17H19N5OS. The molecule has 0 spiro atoms. The van der Waals surface area contributed by atoms with Gasteiger partial charge in [-0.25, -0.2) is 4.98 Å². The van der Waals surface area contributed by atoms with E-state index in [1.807, 2.05) is 40.4 Å². The van der Waals surface area contributed by atoms with Gasteiger partial charge in [0, 0.05) is 36.1 Å². The number of carbonyl (C=O) groups excluding carboxylic acids is 1. The SMILES string of the molecule is O=C(NCc1cccs1)C1CCN(c2ccnc3ccnn23)CC1. The lowest BCUT2D eigenvalue weighted by Crippen LogP contribution is -2.41. The molecule has 4 heterocycles. The first kappa shape index (κ1) is 15.1. The average Bonchev–Trinajstić information content (AvgIpc) is 3.31. The van der Waals surface area contributed by atoms with Gasteiger partial charge in [-0.15, -0.1) is 11.3 Å². The summed E-state index contributed by atoms with van der Waals surface area (Å²) in [6.45, 7) is 2.35. The van der Waals surface area contributed by atoms with E-state index in [0.717, 1.165) is 37.4 Å². The van der Waals surface area contributed by atoms with E-state index in [1.165, 1.54) is 4.88 Å². The van der Waals surface area contributed by atoms with Gasteiger partial charge in [-0.05, 0) is 30.4 Å². The van der Waals surface area contributed by atoms with Crippen LogP contribution in [0, 0.1) is 5.92 Å². The molecule has 0 bridgehead atoms. The molecule has 124 valence electrons. The van der Waals surface area contributed by atoms with Gasteiger partial charge in [-0.1, -0.05) is 6.07 Å². The lowest BCUT2D eigenvalue weighted by Gasteiger charge is -2.32. The van der Waals surface area contributed by atoms with Gasteiger partial charge in [0.1, 0.15) is 5.82 Å². The van der Waals surface area contributed by atoms with Crippen molar-refractivity contribution in [3.8, 4) is 0 Å². The Morgan fingerprint density at radius 3 is 2.92 bits per heavy atom. The van der Waals surface area contributed by atoms with Crippen LogP contribution in [0.25, 0.3) is 5.65 Å². The molecule has 4 rings (SSSR count). The fraction of sp³-hybridized carbons (Fsp3) is 0.353. The molecule has 0 atom stereocenters. The number of carbonyl (C=O) groups is 1. The third-order valence-corrected chi connectivity index (χ3v) is 5.35. The van der Waals surface area contributed by atoms with Crippen LogP contribution in [0.3, 0.4) is 0 Å². The van der Waals surface area contributed by atoms with Crippen LogP contribution in [0.2, 0.25) is 0 Å². The van der Waals surface area contributed by atoms with Crippen molar-refractivity contribution in [3.05, 3.63) is 46.9 Å². The van der Waals surface area contributed by atoms with Gasteiger partial charge in [0.2, 0.25) is 5.91 Å². The van der Waals surface area contributed by atoms with E-state index in [0.29, 0.717) is 6.54 Å². The number of amides is 1. The topological polar surface area (TPSA) is 62.5 Å². The summed E-state index contributed by atoms with van der Waals surface area (Å²) in [5, 5.41) is 9.43. The number of aromatic nitrogens is 3. The number of fused-ring (bicyclic) bond motifs is 1. The highest BCUT2D eigenvalue weighted by molar-refractivity contribution is 7.09. The van der Waals surface area contributed by atoms with Crippen molar-refractivity contribution in [1.82, 2.24) is 19.9 Å². The summed E-state index contributed by atoms with van der Waals surface area (Å²) in [5.74, 6) is 1.31. The molecule has 3 aromatic heterocycles. The maximum Gasteiger partial charge on any atom is 0.223 e. The number of hydrogen-bond donors (Lipinski definition) is 1. The normalized spacial score (nSPS) is 15.8. The number of hydrogen-bond acceptors (Lipinski definition) is 5. The van der Waals surface area contributed by atoms with Gasteiger partial charge in [0.15, 0.2) is 5.65 Å². The minimum absolute atomic E-state index is 0.0937. The summed E-state index contributed by atoms with van der Waals surface area (Å²) in [6, 6.07) is 7.94. The zero-order valence-electron chi connectivity index (χ0n) is 13.3. The van der Waals surface area contributed by atoms with E-state index in [9.17, 15) is 4.79 Å². The second-order valence-electron chi connectivity index (χ2n) is 5.96. The van der Waals surface area contributed by atoms with Crippen LogP contribution in [-0.2, 0) is 11.3 Å². The predicted octanol–water partition coefficient (Wildman–Crippen LogP) is 2.32. The highest BCUT2D eigenvalue weighted by Crippen LogP contribution is 2.23. The van der Waals surface area contributed by atoms with Crippen LogP contribution in [0.15, 0.2) is 42.0 Å². The third kappa shape index (κ3) is 2.99. The predicted molar refractivity (Wildman–Crippen MR) is 94.1 cm³/mol. The van der Waals surface area contributed by atoms with Crippen molar-refractivity contribution >= 4 is 28.7 Å². The molecule has 24 heavy (non-hydrogen) atoms. The van der Waals surface area contributed by atoms with Crippen molar-refractivity contribution in [2.45, 2.75) is 19.4 Å². The number of anilines is 1. The molecule has 3 aromatic rings. The Hall–Kier alpha value is -2.41. The highest BCUT2D eigenvalue weighted by atomic mass is 32.1. The quantitative estimate of drug-likeness (QED) is 0.791. The summed E-state index contributed by atoms with van der Waals surface area (Å²) >= 11 is 1.67. The fourth-order valence-electron chi connectivity index (χ4n) is 3.16. The molecule has 0 unspecified atom stereocenters. The first-order valence-electron chi connectivity index (χ1n) is 8.15. The minimum atomic E-state index is 0.0937. The van der Waals surface area contributed by atoms with Gasteiger partial charge in [-0.3, -0.25) is 4.79 Å². The van der Waals surface area contributed by atoms with Crippen LogP contribution < -0.4 is 10.2 Å². The largest absolute Gasteiger partial charge is 0.356 e. The second-order valence-corrected chi connectivity index (χ2v) is 6.99. The van der Waals surface area contributed by atoms with Crippen molar-refractivity contribution in [2.75, 3.05) is 18.0 Å². The van der Waals surface area contributed by atoms with Crippen LogP contribution in [0.1, 0.15) is 17.7 Å². The number of rotatable bonds is 4. The molecule has 0 aromatic carbocycles. The van der Waals surface area contributed by atoms with Gasteiger partial charge in [-0.2, -0.15) is 9.61 Å². The maximum absolute atomic E-state index is 12.4. The molecular weight excluding hydrogens is 322 g/mol. The molecule has 1 aliphatic rings. The summed E-state index contributed by atoms with van der Waals surface area (Å²) in [6.07, 6.45) is 5.30. The molecule has 0 aliphatic carbocycles. The zero-order valence-corrected chi connectivity index (χ0v) is 14.1. The van der Waals surface area contributed by atoms with Crippen LogP contribution in [-0.4, -0.2) is 33.6 Å². The van der Waals surface area contributed by atoms with Gasteiger partial charge < -0.3 is 10.2 Å². The monoisotopic (exact) mass is 341 g/mol. The van der Waals surface area contributed by atoms with Crippen molar-refractivity contribution < 1.29 is 4.79 Å². The Kier molecular flexibility index (Phi) is 4.17. The zero-order chi connectivity index (χ0) is 16.4. The van der Waals surface area contributed by atoms with Crippen molar-refractivity contribution in [2.24, 2.45) is 5.92 Å². The molecule has 7 heteroatoms. The second kappa shape index (κ2) is 6.60. The van der Waals surface area contributed by atoms with E-state index < -0.39 is 0 Å². The number of nitrogens with one attached hydrogen (secondary N) is 1. The fourth-order valence-corrected chi connectivity index (χ4v) is 3.81. The number of nitrogens with zero attached hydrogens (tertiary/aromatic N) is 4. The van der Waals surface area contributed by atoms with Gasteiger partial charge >= 0.3 is 0 Å². The maximum atomic E-state index is 12.4. The Balaban J connectivity index is 1.36. The van der Waals surface area contributed by atoms with E-state index >= 15 is 0 Å². The molecule has 1 aliphatic heterocycles. The van der Waals surface area contributed by atoms with Crippen molar-refractivity contribution in [1.29, 1.82) is 0 Å². The van der Waals surface area contributed by atoms with Gasteiger partial charge in [0.25, 0.3) is 0 Å². The van der Waals surface area contributed by atoms with E-state index in [1.54, 1.807) is 17.5 Å². The minimum Gasteiger partial charge on any atom is -0.356 e. The first-order chi connectivity index (χ1) is 11.8. The lowest BCUT2D eigenvalue weighted by atomic mass is 9.96. The lowest BCUT2D eigenvalue weighted by molar-refractivity contribution is -0.125. The summed E-state index contributed by atoms with van der Waals surface area (Å²) in [5.41, 5.74) is 0.850. The summed E-state index contributed by atoms with van der Waals surface area (Å²) < 4.78 is 1.86. The van der Waals surface area contributed by atoms with Crippen LogP contribution in [0.4, 0.5) is 5.82 Å². The molecule has 1 fully saturated rings. The Morgan fingerprint density at radius 1 is 1.25 bits per heavy atom. The number of thiophene rings is 1. The first-order valence-corrected chi connectivity index (χ1v) is 9.03. The summed E-state index contributed by atoms with van der Waals surface area (Å²) in [7, 11) is 0. The van der Waals surface area contributed by atoms with Crippen LogP contribution >= 0.6 is 11.3 Å². The van der Waals surface area contributed by atoms with Gasteiger partial charge in [0.05, 0.1) is 12.7 Å². The molecule has 0 saturated carbocycles. The highest BCUT2D eigenvalue weighted by Gasteiger charge is 2.26. The number of piperidine rings is 1. The standard InChI is InChI=1S/C17H19N5OS/c23-17(19-12-14-2-1-11-24-14)13-5-9-21(10-6-13)16-4-7-18-15-3-8-20-22(15)16/h1-4,7-8,11,13H,5-6,9-10,12H2,(H,19,23). The molecule has 1 N–H and O–H groups in total. The Bertz CT molecular complexity index is 821. The smallest absolute Gasteiger partial charge is 0.223 e. The Labute approximate surface area is 144 Å². The van der Waals surface area contributed by atoms with E-state index in [-0.39, 0.29) is 11.8 Å². The molecule has 0 radical (unpaired) electrons. The van der Waals surface area contributed by atoms with Crippen LogP contribution in [0.5, 0.6) is 0 Å². The average molecular weight is 341 g/mol. The summed E-state index contributed by atoms with van der Waals surface area (Å²) in [4.78, 5) is 20.1. The Morgan fingerprint density at radius 2 is 2.12 bits per heavy atom. The molecule has 6 nitrogen and oxygen atoms in total. The van der Waals surface area contributed by atoms with Crippen molar-refractivity contribution in [3.63, 3.8) is 0 Å². The molecule has 1 saturated heterocycles. The van der Waals surface area contributed by atoms with E-state index in [2.05, 4.69) is 20.3 Å². The van der Waals surface area contributed by atoms with E-state index in [4.69, 9.17) is 0 Å². The molecule has 1 amide bonds. The third-order valence-electron chi connectivity index (χ3n) is 4.48.